The summed E-state index contributed by atoms with van der Waals surface area (Å²) in [5.41, 5.74) is 0.0681. The van der Waals surface area contributed by atoms with E-state index < -0.39 is 9.84 Å². The molecule has 2 aliphatic heterocycles. The Morgan fingerprint density at radius 3 is 2.50 bits per heavy atom. The molecule has 2 saturated heterocycles. The van der Waals surface area contributed by atoms with Crippen LogP contribution < -0.4 is 10.6 Å². The summed E-state index contributed by atoms with van der Waals surface area (Å²) in [5.74, 6) is 1.24. The molecule has 5 heteroatoms. The molecule has 0 aromatic heterocycles. The van der Waals surface area contributed by atoms with Gasteiger partial charge in [0, 0.05) is 18.6 Å². The summed E-state index contributed by atoms with van der Waals surface area (Å²) in [6, 6.07) is 0. The van der Waals surface area contributed by atoms with Crippen LogP contribution in [0.1, 0.15) is 33.6 Å². The van der Waals surface area contributed by atoms with Crippen LogP contribution in [0, 0.1) is 11.3 Å². The molecule has 18 heavy (non-hydrogen) atoms. The predicted molar refractivity (Wildman–Crippen MR) is 74.4 cm³/mol. The van der Waals surface area contributed by atoms with Crippen molar-refractivity contribution in [2.45, 2.75) is 39.2 Å². The highest BCUT2D eigenvalue weighted by atomic mass is 32.2. The summed E-state index contributed by atoms with van der Waals surface area (Å²) in [6.45, 7) is 9.62. The molecular weight excluding hydrogens is 248 g/mol. The minimum Gasteiger partial charge on any atom is -0.316 e. The molecule has 0 aliphatic carbocycles. The summed E-state index contributed by atoms with van der Waals surface area (Å²) in [6.07, 6.45) is 1.93. The Morgan fingerprint density at radius 1 is 1.33 bits per heavy atom. The molecule has 0 saturated carbocycles. The summed E-state index contributed by atoms with van der Waals surface area (Å²) in [7, 11) is -2.82. The maximum absolute atomic E-state index is 11.6. The van der Waals surface area contributed by atoms with Crippen LogP contribution in [0.3, 0.4) is 0 Å². The Bertz CT molecular complexity index is 399. The minimum atomic E-state index is -2.82. The monoisotopic (exact) mass is 274 g/mol. The first-order valence-corrected chi connectivity index (χ1v) is 8.75. The third-order valence-corrected chi connectivity index (χ3v) is 6.78. The van der Waals surface area contributed by atoms with E-state index in [0.717, 1.165) is 26.1 Å². The van der Waals surface area contributed by atoms with Crippen molar-refractivity contribution < 1.29 is 8.42 Å². The topological polar surface area (TPSA) is 58.2 Å². The fourth-order valence-electron chi connectivity index (χ4n) is 3.15. The highest BCUT2D eigenvalue weighted by molar-refractivity contribution is 7.91. The van der Waals surface area contributed by atoms with E-state index in [2.05, 4.69) is 24.5 Å². The summed E-state index contributed by atoms with van der Waals surface area (Å²) >= 11 is 0. The molecule has 4 nitrogen and oxygen atoms in total. The van der Waals surface area contributed by atoms with Gasteiger partial charge in [0.2, 0.25) is 0 Å². The fraction of sp³-hybridized carbons (Fsp3) is 1.00. The van der Waals surface area contributed by atoms with Gasteiger partial charge in [-0.15, -0.1) is 0 Å². The average molecular weight is 274 g/mol. The molecule has 2 fully saturated rings. The Labute approximate surface area is 111 Å². The van der Waals surface area contributed by atoms with Gasteiger partial charge in [-0.05, 0) is 37.6 Å². The number of sulfone groups is 1. The van der Waals surface area contributed by atoms with E-state index in [9.17, 15) is 8.42 Å². The van der Waals surface area contributed by atoms with Crippen LogP contribution in [0.5, 0.6) is 0 Å². The molecule has 0 spiro atoms. The van der Waals surface area contributed by atoms with Crippen LogP contribution in [0.15, 0.2) is 0 Å². The van der Waals surface area contributed by atoms with E-state index in [-0.39, 0.29) is 11.0 Å². The Balaban J connectivity index is 1.98. The minimum absolute atomic E-state index is 0.219. The van der Waals surface area contributed by atoms with Crippen molar-refractivity contribution in [2.24, 2.45) is 11.3 Å². The van der Waals surface area contributed by atoms with Crippen molar-refractivity contribution in [2.75, 3.05) is 31.1 Å². The lowest BCUT2D eigenvalue weighted by molar-refractivity contribution is 0.186. The quantitative estimate of drug-likeness (QED) is 0.796. The van der Waals surface area contributed by atoms with Gasteiger partial charge >= 0.3 is 0 Å². The molecule has 0 bridgehead atoms. The highest BCUT2D eigenvalue weighted by Gasteiger charge is 2.42. The largest absolute Gasteiger partial charge is 0.316 e. The molecule has 2 N–H and O–H groups in total. The van der Waals surface area contributed by atoms with Gasteiger partial charge in [-0.1, -0.05) is 13.8 Å². The van der Waals surface area contributed by atoms with Crippen molar-refractivity contribution in [3.05, 3.63) is 0 Å². The van der Waals surface area contributed by atoms with Crippen molar-refractivity contribution >= 4 is 9.84 Å². The molecule has 2 rings (SSSR count). The molecule has 0 radical (unpaired) electrons. The van der Waals surface area contributed by atoms with Crippen LogP contribution in [0.4, 0.5) is 0 Å². The van der Waals surface area contributed by atoms with Gasteiger partial charge < -0.3 is 10.6 Å². The van der Waals surface area contributed by atoms with Gasteiger partial charge in [0.05, 0.1) is 11.5 Å². The maximum Gasteiger partial charge on any atom is 0.152 e. The normalized spacial score (nSPS) is 39.6. The van der Waals surface area contributed by atoms with E-state index in [0.29, 0.717) is 17.4 Å². The van der Waals surface area contributed by atoms with E-state index in [1.165, 1.54) is 6.42 Å². The second kappa shape index (κ2) is 4.76. The zero-order chi connectivity index (χ0) is 13.4. The van der Waals surface area contributed by atoms with E-state index in [1.807, 2.05) is 6.92 Å². The first-order valence-electron chi connectivity index (χ1n) is 6.93. The van der Waals surface area contributed by atoms with Crippen molar-refractivity contribution in [3.63, 3.8) is 0 Å². The second-order valence-corrected chi connectivity index (χ2v) is 8.88. The molecule has 2 aliphatic rings. The summed E-state index contributed by atoms with van der Waals surface area (Å²) in [4.78, 5) is 0. The van der Waals surface area contributed by atoms with Crippen LogP contribution in [-0.4, -0.2) is 45.1 Å². The summed E-state index contributed by atoms with van der Waals surface area (Å²) < 4.78 is 23.2. The number of rotatable bonds is 4. The van der Waals surface area contributed by atoms with E-state index in [4.69, 9.17) is 0 Å². The second-order valence-electron chi connectivity index (χ2n) is 6.70. The van der Waals surface area contributed by atoms with Gasteiger partial charge in [-0.25, -0.2) is 8.42 Å². The molecule has 0 amide bonds. The molecule has 0 aromatic carbocycles. The lowest BCUT2D eigenvalue weighted by Crippen LogP contribution is -2.50. The summed E-state index contributed by atoms with van der Waals surface area (Å²) in [5, 5.41) is 7.00. The Kier molecular flexibility index (Phi) is 3.78. The maximum atomic E-state index is 11.6. The van der Waals surface area contributed by atoms with Gasteiger partial charge in [-0.2, -0.15) is 0 Å². The van der Waals surface area contributed by atoms with Gasteiger partial charge in [-0.3, -0.25) is 0 Å². The zero-order valence-corrected chi connectivity index (χ0v) is 12.6. The molecule has 2 atom stereocenters. The number of hydrogen-bond acceptors (Lipinski definition) is 4. The molecule has 2 heterocycles. The average Bonchev–Trinajstić information content (AvgIpc) is 2.82. The van der Waals surface area contributed by atoms with Gasteiger partial charge in [0.15, 0.2) is 9.84 Å². The Morgan fingerprint density at radius 2 is 2.06 bits per heavy atom. The first kappa shape index (κ1) is 14.3. The number of nitrogens with one attached hydrogen (secondary N) is 2. The first-order chi connectivity index (χ1) is 8.27. The fourth-order valence-corrected chi connectivity index (χ4v) is 5.27. The van der Waals surface area contributed by atoms with Crippen LogP contribution >= 0.6 is 0 Å². The Hall–Kier alpha value is -0.130. The standard InChI is InChI=1S/C13H26N2O2S/c1-11(2)13(4-6-14-8-13)9-15-12(3)5-7-18(16,17)10-12/h11,14-15H,4-10H2,1-3H3. The smallest absolute Gasteiger partial charge is 0.152 e. The lowest BCUT2D eigenvalue weighted by atomic mass is 9.76. The van der Waals surface area contributed by atoms with Gasteiger partial charge in [0.25, 0.3) is 0 Å². The van der Waals surface area contributed by atoms with Crippen molar-refractivity contribution in [3.8, 4) is 0 Å². The van der Waals surface area contributed by atoms with Crippen LogP contribution in [0.2, 0.25) is 0 Å². The van der Waals surface area contributed by atoms with E-state index >= 15 is 0 Å². The molecule has 106 valence electrons. The van der Waals surface area contributed by atoms with E-state index in [1.54, 1.807) is 0 Å². The SMILES string of the molecule is CC(C)C1(CNC2(C)CCS(=O)(=O)C2)CCNC1. The third-order valence-electron chi connectivity index (χ3n) is 4.87. The predicted octanol–water partition coefficient (Wildman–Crippen LogP) is 0.789. The number of hydrogen-bond donors (Lipinski definition) is 2. The lowest BCUT2D eigenvalue weighted by Gasteiger charge is -2.37. The van der Waals surface area contributed by atoms with Crippen LogP contribution in [0.25, 0.3) is 0 Å². The van der Waals surface area contributed by atoms with Crippen LogP contribution in [-0.2, 0) is 9.84 Å². The highest BCUT2D eigenvalue weighted by Crippen LogP contribution is 2.34. The van der Waals surface area contributed by atoms with Gasteiger partial charge in [0.1, 0.15) is 0 Å². The molecular formula is C13H26N2O2S. The zero-order valence-electron chi connectivity index (χ0n) is 11.8. The molecule has 2 unspecified atom stereocenters. The van der Waals surface area contributed by atoms with Crippen molar-refractivity contribution in [1.29, 1.82) is 0 Å². The molecule has 0 aromatic rings. The van der Waals surface area contributed by atoms with Crippen molar-refractivity contribution in [1.82, 2.24) is 10.6 Å². The third kappa shape index (κ3) is 2.89.